The van der Waals surface area contributed by atoms with Gasteiger partial charge in [-0.3, -0.25) is 0 Å². The maximum Gasteiger partial charge on any atom is 0.105 e. The van der Waals surface area contributed by atoms with Crippen molar-refractivity contribution in [1.82, 2.24) is 4.57 Å². The van der Waals surface area contributed by atoms with Gasteiger partial charge in [0, 0.05) is 22.5 Å². The van der Waals surface area contributed by atoms with Gasteiger partial charge < -0.3 is 10.3 Å². The van der Waals surface area contributed by atoms with E-state index >= 15 is 0 Å². The maximum absolute atomic E-state index is 5.87. The molecule has 0 fully saturated rings. The summed E-state index contributed by atoms with van der Waals surface area (Å²) in [6.45, 7) is 6.72. The van der Waals surface area contributed by atoms with Crippen LogP contribution in [0.2, 0.25) is 0 Å². The van der Waals surface area contributed by atoms with Crippen LogP contribution < -0.4 is 5.73 Å². The van der Waals surface area contributed by atoms with E-state index in [1.807, 2.05) is 5.38 Å². The Morgan fingerprint density at radius 3 is 2.86 bits per heavy atom. The van der Waals surface area contributed by atoms with E-state index in [4.69, 9.17) is 5.73 Å². The quantitative estimate of drug-likeness (QED) is 0.805. The van der Waals surface area contributed by atoms with Gasteiger partial charge in [0.25, 0.3) is 0 Å². The molecule has 2 rings (SSSR count). The highest BCUT2D eigenvalue weighted by molar-refractivity contribution is 7.17. The maximum atomic E-state index is 5.87. The highest BCUT2D eigenvalue weighted by Crippen LogP contribution is 2.33. The number of nitrogen functional groups attached to an aromatic ring is 1. The van der Waals surface area contributed by atoms with E-state index < -0.39 is 0 Å². The molecule has 2 N–H and O–H groups in total. The first-order valence-electron chi connectivity index (χ1n) is 4.91. The molecule has 0 saturated carbocycles. The van der Waals surface area contributed by atoms with Crippen LogP contribution in [0.15, 0.2) is 17.6 Å². The Balaban J connectivity index is 2.64. The summed E-state index contributed by atoms with van der Waals surface area (Å²) in [6, 6.07) is 2.11. The second kappa shape index (κ2) is 3.02. The molecule has 2 nitrogen and oxygen atoms in total. The molecule has 0 atom stereocenters. The van der Waals surface area contributed by atoms with Crippen molar-refractivity contribution in [2.45, 2.75) is 32.7 Å². The molecule has 2 aromatic rings. The molecule has 3 heteroatoms. The molecular formula is C11H16N2S. The summed E-state index contributed by atoms with van der Waals surface area (Å²) in [4.78, 5) is 1.29. The van der Waals surface area contributed by atoms with Crippen LogP contribution in [0.25, 0.3) is 10.2 Å². The highest BCUT2D eigenvalue weighted by atomic mass is 32.1. The first-order valence-corrected chi connectivity index (χ1v) is 5.78. The van der Waals surface area contributed by atoms with Gasteiger partial charge in [0.1, 0.15) is 4.83 Å². The molecule has 0 aliphatic carbocycles. The van der Waals surface area contributed by atoms with Crippen molar-refractivity contribution in [2.24, 2.45) is 0 Å². The number of thiophene rings is 1. The molecule has 0 radical (unpaired) electrons. The molecule has 2 aromatic heterocycles. The van der Waals surface area contributed by atoms with E-state index in [1.54, 1.807) is 11.3 Å². The summed E-state index contributed by atoms with van der Waals surface area (Å²) in [5.74, 6) is 0. The van der Waals surface area contributed by atoms with Crippen LogP contribution in [0.1, 0.15) is 27.2 Å². The first kappa shape index (κ1) is 9.59. The summed E-state index contributed by atoms with van der Waals surface area (Å²) in [6.07, 6.45) is 3.26. The Kier molecular flexibility index (Phi) is 2.07. The smallest absolute Gasteiger partial charge is 0.105 e. The van der Waals surface area contributed by atoms with Crippen molar-refractivity contribution in [3.63, 3.8) is 0 Å². The number of hydrogen-bond acceptors (Lipinski definition) is 2. The van der Waals surface area contributed by atoms with E-state index in [2.05, 4.69) is 37.6 Å². The lowest BCUT2D eigenvalue weighted by Crippen LogP contribution is -2.23. The average molecular weight is 208 g/mol. The lowest BCUT2D eigenvalue weighted by atomic mass is 10.0. The molecular weight excluding hydrogens is 192 g/mol. The van der Waals surface area contributed by atoms with Crippen molar-refractivity contribution in [3.8, 4) is 0 Å². The molecule has 0 aliphatic heterocycles. The molecule has 0 aromatic carbocycles. The molecule has 2 heterocycles. The van der Waals surface area contributed by atoms with E-state index in [0.717, 1.165) is 12.1 Å². The summed E-state index contributed by atoms with van der Waals surface area (Å²) in [7, 11) is 0. The summed E-state index contributed by atoms with van der Waals surface area (Å²) < 4.78 is 2.32. The predicted octanol–water partition coefficient (Wildman–Crippen LogP) is 3.43. The fourth-order valence-corrected chi connectivity index (χ4v) is 2.69. The Morgan fingerprint density at radius 2 is 2.21 bits per heavy atom. The Labute approximate surface area is 88.3 Å². The van der Waals surface area contributed by atoms with Crippen LogP contribution >= 0.6 is 11.3 Å². The third-order valence-corrected chi connectivity index (χ3v) is 3.98. The minimum Gasteiger partial charge on any atom is -0.398 e. The van der Waals surface area contributed by atoms with Gasteiger partial charge in [-0.1, -0.05) is 6.92 Å². The largest absolute Gasteiger partial charge is 0.398 e. The Hall–Kier alpha value is -0.960. The molecule has 76 valence electrons. The molecule has 0 unspecified atom stereocenters. The zero-order valence-electron chi connectivity index (χ0n) is 8.87. The highest BCUT2D eigenvalue weighted by Gasteiger charge is 2.20. The molecule has 0 spiro atoms. The van der Waals surface area contributed by atoms with Crippen LogP contribution in [0, 0.1) is 0 Å². The number of nitrogens with two attached hydrogens (primary N) is 1. The summed E-state index contributed by atoms with van der Waals surface area (Å²) in [5, 5.41) is 3.21. The molecule has 0 aliphatic rings. The van der Waals surface area contributed by atoms with Crippen molar-refractivity contribution >= 4 is 27.2 Å². The van der Waals surface area contributed by atoms with Crippen LogP contribution in [0.4, 0.5) is 5.69 Å². The average Bonchev–Trinajstić information content (AvgIpc) is 2.69. The van der Waals surface area contributed by atoms with Crippen LogP contribution in [0.5, 0.6) is 0 Å². The monoisotopic (exact) mass is 208 g/mol. The number of rotatable bonds is 2. The number of hydrogen-bond donors (Lipinski definition) is 1. The van der Waals surface area contributed by atoms with Crippen molar-refractivity contribution in [3.05, 3.63) is 17.6 Å². The van der Waals surface area contributed by atoms with Crippen LogP contribution in [-0.4, -0.2) is 4.57 Å². The van der Waals surface area contributed by atoms with Gasteiger partial charge in [-0.25, -0.2) is 0 Å². The topological polar surface area (TPSA) is 30.9 Å². The second-order valence-electron chi connectivity index (χ2n) is 4.26. The normalized spacial score (nSPS) is 12.5. The van der Waals surface area contributed by atoms with E-state index in [9.17, 15) is 0 Å². The van der Waals surface area contributed by atoms with Gasteiger partial charge in [0.05, 0.1) is 5.69 Å². The van der Waals surface area contributed by atoms with Gasteiger partial charge in [0.15, 0.2) is 0 Å². The first-order chi connectivity index (χ1) is 6.56. The van der Waals surface area contributed by atoms with Crippen molar-refractivity contribution in [2.75, 3.05) is 5.73 Å². The lowest BCUT2D eigenvalue weighted by molar-refractivity contribution is 0.355. The van der Waals surface area contributed by atoms with Crippen LogP contribution in [0.3, 0.4) is 0 Å². The zero-order valence-corrected chi connectivity index (χ0v) is 9.69. The molecule has 0 saturated heterocycles. The SMILES string of the molecule is CCC(C)(C)n1ccc2c(N)csc21. The van der Waals surface area contributed by atoms with E-state index in [-0.39, 0.29) is 5.54 Å². The van der Waals surface area contributed by atoms with Gasteiger partial charge in [-0.05, 0) is 26.3 Å². The van der Waals surface area contributed by atoms with E-state index in [0.29, 0.717) is 0 Å². The fourth-order valence-electron chi connectivity index (χ4n) is 1.59. The predicted molar refractivity (Wildman–Crippen MR) is 63.8 cm³/mol. The molecule has 0 bridgehead atoms. The Morgan fingerprint density at radius 1 is 1.50 bits per heavy atom. The van der Waals surface area contributed by atoms with E-state index in [1.165, 1.54) is 10.2 Å². The Bertz CT molecular complexity index is 451. The molecule has 14 heavy (non-hydrogen) atoms. The van der Waals surface area contributed by atoms with Gasteiger partial charge >= 0.3 is 0 Å². The van der Waals surface area contributed by atoms with Gasteiger partial charge in [-0.15, -0.1) is 11.3 Å². The zero-order chi connectivity index (χ0) is 10.3. The minimum atomic E-state index is 0.180. The second-order valence-corrected chi connectivity index (χ2v) is 5.12. The number of anilines is 1. The lowest BCUT2D eigenvalue weighted by Gasteiger charge is -2.25. The van der Waals surface area contributed by atoms with Gasteiger partial charge in [0.2, 0.25) is 0 Å². The number of nitrogens with zero attached hydrogens (tertiary/aromatic N) is 1. The number of aromatic nitrogens is 1. The third-order valence-electron chi connectivity index (χ3n) is 2.97. The van der Waals surface area contributed by atoms with Crippen molar-refractivity contribution in [1.29, 1.82) is 0 Å². The minimum absolute atomic E-state index is 0.180. The summed E-state index contributed by atoms with van der Waals surface area (Å²) in [5.41, 5.74) is 6.95. The molecule has 0 amide bonds. The fraction of sp³-hybridized carbons (Fsp3) is 0.455. The van der Waals surface area contributed by atoms with Crippen molar-refractivity contribution < 1.29 is 0 Å². The standard InChI is InChI=1S/C11H16N2S/c1-4-11(2,3)13-6-5-8-9(12)7-14-10(8)13/h5-7H,4,12H2,1-3H3. The third kappa shape index (κ3) is 1.23. The van der Waals surface area contributed by atoms with Gasteiger partial charge in [-0.2, -0.15) is 0 Å². The summed E-state index contributed by atoms with van der Waals surface area (Å²) >= 11 is 1.73. The number of fused-ring (bicyclic) bond motifs is 1. The van der Waals surface area contributed by atoms with Crippen LogP contribution in [-0.2, 0) is 5.54 Å².